The minimum atomic E-state index is -4.22. The molecule has 15 rings (SSSR count). The Morgan fingerprint density at radius 3 is 0.935 bits per heavy atom. The van der Waals surface area contributed by atoms with Gasteiger partial charge in [0.15, 0.2) is 0 Å². The summed E-state index contributed by atoms with van der Waals surface area (Å²) < 4.78 is 41.6. The number of hydrogen-bond donors (Lipinski definition) is 0. The van der Waals surface area contributed by atoms with E-state index in [1.54, 1.807) is 13.0 Å². The second-order valence-electron chi connectivity index (χ2n) is 33.4. The zero-order valence-electron chi connectivity index (χ0n) is 77.5. The number of aryl methyl sites for hydroxylation is 16. The summed E-state index contributed by atoms with van der Waals surface area (Å²) in [5.41, 5.74) is 31.9. The number of ether oxygens (including phenoxy) is 1. The molecule has 0 aromatic heterocycles. The zero-order chi connectivity index (χ0) is 90.5. The number of hydrogen-bond acceptors (Lipinski definition) is 1. The van der Waals surface area contributed by atoms with Crippen molar-refractivity contribution in [3.63, 3.8) is 0 Å². The molecule has 0 unspecified atom stereocenters. The molecule has 4 heteroatoms. The molecule has 0 N–H and O–H groups in total. The fraction of sp³-hybridized carbons (Fsp3) is 0.227. The molecule has 0 aliphatic heterocycles. The van der Waals surface area contributed by atoms with Gasteiger partial charge in [-0.2, -0.15) is 13.2 Å². The van der Waals surface area contributed by atoms with Gasteiger partial charge in [-0.15, -0.1) is 6.42 Å². The number of alkyl halides is 3. The molecule has 15 aromatic carbocycles. The van der Waals surface area contributed by atoms with Crippen LogP contribution >= 0.6 is 0 Å². The summed E-state index contributed by atoms with van der Waals surface area (Å²) in [5, 5.41) is 0. The predicted octanol–water partition coefficient (Wildman–Crippen LogP) is 34.6. The van der Waals surface area contributed by atoms with Crippen molar-refractivity contribution < 1.29 is 17.9 Å². The Balaban J connectivity index is 0.000000241. The Bertz CT molecular complexity index is 5420. The lowest BCUT2D eigenvalue weighted by molar-refractivity contribution is -0.137. The second kappa shape index (κ2) is 52.6. The molecule has 0 saturated heterocycles. The lowest BCUT2D eigenvalue weighted by Gasteiger charge is -2.18. The molecule has 123 heavy (non-hydrogen) atoms. The highest BCUT2D eigenvalue weighted by Gasteiger charge is 2.30. The van der Waals surface area contributed by atoms with Gasteiger partial charge in [-0.1, -0.05) is 442 Å². The smallest absolute Gasteiger partial charge is 0.416 e. The van der Waals surface area contributed by atoms with Gasteiger partial charge in [-0.25, -0.2) is 0 Å². The first-order valence-electron chi connectivity index (χ1n) is 42.5. The molecule has 636 valence electrons. The van der Waals surface area contributed by atoms with Gasteiger partial charge in [0.2, 0.25) is 0 Å². The molecule has 0 fully saturated rings. The van der Waals surface area contributed by atoms with Crippen molar-refractivity contribution in [3.05, 3.63) is 487 Å². The van der Waals surface area contributed by atoms with Crippen molar-refractivity contribution in [3.8, 4) is 57.2 Å². The molecule has 0 aliphatic rings. The molecule has 0 radical (unpaired) electrons. The second-order valence-corrected chi connectivity index (χ2v) is 33.4. The molecule has 0 bridgehead atoms. The third-order valence-corrected chi connectivity index (χ3v) is 20.2. The van der Waals surface area contributed by atoms with Crippen LogP contribution < -0.4 is 4.74 Å². The quantitative estimate of drug-likeness (QED) is 0.145. The Morgan fingerprint density at radius 1 is 0.244 bits per heavy atom. The Hall–Kier alpha value is -12.6. The predicted molar refractivity (Wildman–Crippen MR) is 529 cm³/mol. The van der Waals surface area contributed by atoms with Crippen LogP contribution in [-0.4, -0.2) is 0 Å². The Kier molecular flexibility index (Phi) is 43.2. The highest BCUT2D eigenvalue weighted by Crippen LogP contribution is 2.31. The first kappa shape index (κ1) is 101. The number of halogens is 3. The van der Waals surface area contributed by atoms with E-state index < -0.39 is 11.7 Å². The molecular weight excluding hydrogens is 1500 g/mol. The fourth-order valence-electron chi connectivity index (χ4n) is 11.9. The third kappa shape index (κ3) is 40.1. The SMILES string of the molecule is C#CC(C)(C)c1ccc(C)cc1.Cc1ccc(-c2ccccc2)cc1.Cc1ccc(C(C)(C)C)cc1.Cc1ccc(C(C)C)cc1.Cc1ccc(C)c(C)c1.Cc1ccc(C)c(C)c1.Cc1ccc(C)cc1.Cc1cccc(-c2ccccc2)c1.Cc1cccc(C(F)(F)F)c1.Cc1cccc(Oc2ccccc2)c1.Cc1ccccc1-c1ccccc1. The van der Waals surface area contributed by atoms with Crippen molar-refractivity contribution in [2.45, 2.75) is 182 Å². The summed E-state index contributed by atoms with van der Waals surface area (Å²) in [5.74, 6) is 5.19. The summed E-state index contributed by atoms with van der Waals surface area (Å²) in [4.78, 5) is 0. The van der Waals surface area contributed by atoms with Crippen LogP contribution in [-0.2, 0) is 17.0 Å². The van der Waals surface area contributed by atoms with Gasteiger partial charge in [0.05, 0.1) is 11.0 Å². The largest absolute Gasteiger partial charge is 0.457 e. The molecule has 0 heterocycles. The van der Waals surface area contributed by atoms with Crippen LogP contribution in [0.4, 0.5) is 13.2 Å². The normalized spacial score (nSPS) is 10.3. The van der Waals surface area contributed by atoms with Crippen LogP contribution in [0.5, 0.6) is 11.5 Å². The highest BCUT2D eigenvalue weighted by atomic mass is 19.4. The summed E-state index contributed by atoms with van der Waals surface area (Å²) in [6.45, 7) is 48.6. The van der Waals surface area contributed by atoms with Gasteiger partial charge in [0.1, 0.15) is 11.5 Å². The molecule has 0 aliphatic carbocycles. The lowest BCUT2D eigenvalue weighted by Crippen LogP contribution is -2.13. The van der Waals surface area contributed by atoms with E-state index in [1.807, 2.05) is 66.7 Å². The van der Waals surface area contributed by atoms with E-state index in [9.17, 15) is 13.2 Å². The van der Waals surface area contributed by atoms with E-state index in [0.29, 0.717) is 11.5 Å². The topological polar surface area (TPSA) is 9.23 Å². The summed E-state index contributed by atoms with van der Waals surface area (Å²) in [6, 6.07) is 127. The van der Waals surface area contributed by atoms with E-state index in [0.717, 1.165) is 23.6 Å². The number of para-hydroxylation sites is 1. The van der Waals surface area contributed by atoms with Crippen LogP contribution in [0.3, 0.4) is 0 Å². The van der Waals surface area contributed by atoms with Crippen LogP contribution in [0, 0.1) is 123 Å². The summed E-state index contributed by atoms with van der Waals surface area (Å²) in [6.07, 6.45) is 1.21. The number of benzene rings is 15. The van der Waals surface area contributed by atoms with Gasteiger partial charge in [0, 0.05) is 0 Å². The molecule has 1 nitrogen and oxygen atoms in total. The molecule has 0 saturated carbocycles. The lowest BCUT2D eigenvalue weighted by atomic mass is 9.85. The van der Waals surface area contributed by atoms with Crippen LogP contribution in [0.1, 0.15) is 166 Å². The van der Waals surface area contributed by atoms with Crippen LogP contribution in [0.15, 0.2) is 376 Å². The highest BCUT2D eigenvalue weighted by molar-refractivity contribution is 5.67. The third-order valence-electron chi connectivity index (χ3n) is 20.2. The fourth-order valence-corrected chi connectivity index (χ4v) is 11.9. The first-order valence-corrected chi connectivity index (χ1v) is 42.5. The molecule has 0 spiro atoms. The van der Waals surface area contributed by atoms with E-state index in [-0.39, 0.29) is 10.8 Å². The van der Waals surface area contributed by atoms with Crippen LogP contribution in [0.2, 0.25) is 0 Å². The van der Waals surface area contributed by atoms with Gasteiger partial charge in [-0.3, -0.25) is 0 Å². The monoisotopic (exact) mass is 1640 g/mol. The number of rotatable bonds is 7. The number of terminal acetylenes is 1. The van der Waals surface area contributed by atoms with E-state index >= 15 is 0 Å². The van der Waals surface area contributed by atoms with Gasteiger partial charge >= 0.3 is 6.18 Å². The molecule has 0 amide bonds. The van der Waals surface area contributed by atoms with Crippen molar-refractivity contribution in [1.82, 2.24) is 0 Å². The molecular formula is C119H133F3O. The first-order chi connectivity index (χ1) is 58.4. The van der Waals surface area contributed by atoms with Crippen molar-refractivity contribution in [2.24, 2.45) is 0 Å². The van der Waals surface area contributed by atoms with E-state index in [4.69, 9.17) is 11.2 Å². The van der Waals surface area contributed by atoms with Crippen LogP contribution in [0.25, 0.3) is 33.4 Å². The average Bonchev–Trinajstić information content (AvgIpc) is 0.848. The van der Waals surface area contributed by atoms with Crippen molar-refractivity contribution in [2.75, 3.05) is 0 Å². The Morgan fingerprint density at radius 2 is 0.561 bits per heavy atom. The maximum Gasteiger partial charge on any atom is 0.416 e. The maximum atomic E-state index is 12.0. The van der Waals surface area contributed by atoms with Gasteiger partial charge in [-0.05, 0) is 250 Å². The summed E-state index contributed by atoms with van der Waals surface area (Å²) >= 11 is 0. The minimum Gasteiger partial charge on any atom is -0.457 e. The minimum absolute atomic E-state index is 0.145. The molecule has 0 atom stereocenters. The van der Waals surface area contributed by atoms with E-state index in [1.165, 1.54) is 140 Å². The molecule has 15 aromatic rings. The van der Waals surface area contributed by atoms with Gasteiger partial charge < -0.3 is 4.74 Å². The standard InChI is InChI=1S/C13H12O.3C13H12.C12H14.C11H16.C10H14.2C9H12.C8H7F3.C8H10/c1-11-6-5-9-13(10-11)14-12-7-3-2-4-8-12;1-11-7-5-6-10-13(11)12-8-3-2-4-9-12;1-11-6-5-9-13(10-11)12-7-3-2-4-8-12;1-11-7-9-13(10-8-11)12-5-3-2-4-6-12;1-5-12(3,4)11-8-6-10(2)7-9-11;1-9-5-7-10(8-6-9)11(2,3)4;1-8(2)10-6-4-9(3)5-7-10;2*1-7-4-5-8(2)9(3)6-7;1-6-3-2-4-7(5-6)8(9,10)11;1-7-3-5-8(2)6-4-7/h2-10H,1H3;3*2-10H,1H3;1,6-9H,2-4H3;5-8H,1-4H3;4-8H,1-3H3;2*4-6H,1-3H3;2-5H,1H3;3-6H,1-2H3. The summed E-state index contributed by atoms with van der Waals surface area (Å²) in [7, 11) is 0. The zero-order valence-corrected chi connectivity index (χ0v) is 77.5. The van der Waals surface area contributed by atoms with Crippen molar-refractivity contribution >= 4 is 0 Å². The van der Waals surface area contributed by atoms with Crippen molar-refractivity contribution in [1.29, 1.82) is 0 Å². The van der Waals surface area contributed by atoms with Gasteiger partial charge in [0.25, 0.3) is 0 Å². The average molecular weight is 1640 g/mol. The van der Waals surface area contributed by atoms with E-state index in [2.05, 4.69) is 443 Å². The Labute approximate surface area is 739 Å². The maximum absolute atomic E-state index is 12.0.